The van der Waals surface area contributed by atoms with Gasteiger partial charge in [0.25, 0.3) is 0 Å². The van der Waals surface area contributed by atoms with Crippen LogP contribution in [0.2, 0.25) is 0 Å². The molecule has 1 rings (SSSR count). The summed E-state index contributed by atoms with van der Waals surface area (Å²) in [6.45, 7) is 2.07. The molecule has 0 aliphatic carbocycles. The first-order valence-corrected chi connectivity index (χ1v) is 4.71. The fourth-order valence-electron chi connectivity index (χ4n) is 0.955. The molecule has 0 heterocycles. The van der Waals surface area contributed by atoms with Gasteiger partial charge in [-0.2, -0.15) is 0 Å². The van der Waals surface area contributed by atoms with Crippen molar-refractivity contribution in [3.05, 3.63) is 40.9 Å². The Morgan fingerprint density at radius 1 is 1.43 bits per heavy atom. The highest BCUT2D eigenvalue weighted by Crippen LogP contribution is 2.11. The Bertz CT molecular complexity index is 330. The number of ether oxygens (including phenoxy) is 1. The van der Waals surface area contributed by atoms with E-state index in [1.165, 1.54) is 0 Å². The van der Waals surface area contributed by atoms with Crippen LogP contribution in [0.3, 0.4) is 0 Å². The molecule has 14 heavy (non-hydrogen) atoms. The van der Waals surface area contributed by atoms with Gasteiger partial charge in [0.2, 0.25) is 0 Å². The third kappa shape index (κ3) is 3.23. The maximum absolute atomic E-state index is 11.1. The van der Waals surface area contributed by atoms with E-state index in [4.69, 9.17) is 16.3 Å². The Labute approximate surface area is 88.1 Å². The summed E-state index contributed by atoms with van der Waals surface area (Å²) in [4.78, 5) is 11.1. The molecule has 0 saturated heterocycles. The summed E-state index contributed by atoms with van der Waals surface area (Å²) in [5, 5.41) is 0.0954. The molecule has 0 radical (unpaired) electrons. The van der Waals surface area contributed by atoms with E-state index in [2.05, 4.69) is 0 Å². The van der Waals surface area contributed by atoms with Crippen molar-refractivity contribution in [3.63, 3.8) is 0 Å². The van der Waals surface area contributed by atoms with E-state index in [-0.39, 0.29) is 5.03 Å². The molecule has 74 valence electrons. The van der Waals surface area contributed by atoms with Crippen molar-refractivity contribution < 1.29 is 9.53 Å². The van der Waals surface area contributed by atoms with E-state index in [9.17, 15) is 4.79 Å². The van der Waals surface area contributed by atoms with Gasteiger partial charge in [0, 0.05) is 0 Å². The quantitative estimate of drug-likeness (QED) is 0.567. The van der Waals surface area contributed by atoms with E-state index in [1.54, 1.807) is 13.0 Å². The highest BCUT2D eigenvalue weighted by Gasteiger charge is 2.06. The summed E-state index contributed by atoms with van der Waals surface area (Å²) in [7, 11) is 0. The average Bonchev–Trinajstić information content (AvgIpc) is 2.19. The minimum absolute atomic E-state index is 0.0954. The summed E-state index contributed by atoms with van der Waals surface area (Å²) in [6.07, 6.45) is 1.58. The summed E-state index contributed by atoms with van der Waals surface area (Å²) >= 11 is 5.73. The zero-order valence-electron chi connectivity index (χ0n) is 7.87. The lowest BCUT2D eigenvalue weighted by molar-refractivity contribution is -0.137. The van der Waals surface area contributed by atoms with Crippen LogP contribution in [0.15, 0.2) is 35.4 Å². The molecule has 0 unspecified atom stereocenters. The van der Waals surface area contributed by atoms with Crippen LogP contribution in [-0.2, 0) is 9.53 Å². The Kier molecular flexibility index (Phi) is 4.20. The van der Waals surface area contributed by atoms with Gasteiger partial charge in [-0.3, -0.25) is 0 Å². The number of benzene rings is 1. The summed E-state index contributed by atoms with van der Waals surface area (Å²) in [6, 6.07) is 9.38. The first-order valence-electron chi connectivity index (χ1n) is 4.33. The lowest BCUT2D eigenvalue weighted by Crippen LogP contribution is -2.03. The molecule has 0 aliphatic rings. The molecule has 0 spiro atoms. The van der Waals surface area contributed by atoms with Crippen LogP contribution in [0.5, 0.6) is 0 Å². The van der Waals surface area contributed by atoms with Crippen molar-refractivity contribution in [2.75, 3.05) is 6.61 Å². The van der Waals surface area contributed by atoms with Crippen molar-refractivity contribution in [2.45, 2.75) is 6.92 Å². The molecule has 0 aliphatic heterocycles. The normalized spacial score (nSPS) is 11.1. The molecule has 0 bridgehead atoms. The Morgan fingerprint density at radius 3 is 2.64 bits per heavy atom. The van der Waals surface area contributed by atoms with E-state index in [1.807, 2.05) is 30.3 Å². The second kappa shape index (κ2) is 5.45. The van der Waals surface area contributed by atoms with Crippen LogP contribution in [0.4, 0.5) is 0 Å². The largest absolute Gasteiger partial charge is 0.462 e. The molecule has 0 aromatic heterocycles. The van der Waals surface area contributed by atoms with Crippen molar-refractivity contribution >= 4 is 23.6 Å². The molecule has 0 fully saturated rings. The minimum Gasteiger partial charge on any atom is -0.462 e. The summed E-state index contributed by atoms with van der Waals surface area (Å²) in [5.41, 5.74) is 0.880. The van der Waals surface area contributed by atoms with E-state index in [0.29, 0.717) is 6.61 Å². The van der Waals surface area contributed by atoms with Crippen LogP contribution in [-0.4, -0.2) is 12.6 Å². The van der Waals surface area contributed by atoms with Crippen molar-refractivity contribution in [1.29, 1.82) is 0 Å². The van der Waals surface area contributed by atoms with Crippen LogP contribution >= 0.6 is 11.6 Å². The lowest BCUT2D eigenvalue weighted by Gasteiger charge is -1.99. The minimum atomic E-state index is -0.488. The zero-order chi connectivity index (χ0) is 10.4. The molecule has 1 aromatic carbocycles. The van der Waals surface area contributed by atoms with Crippen LogP contribution < -0.4 is 0 Å². The number of halogens is 1. The highest BCUT2D eigenvalue weighted by molar-refractivity contribution is 6.43. The molecule has 0 amide bonds. The number of carbonyl (C=O) groups is 1. The van der Waals surface area contributed by atoms with Crippen LogP contribution in [0.25, 0.3) is 6.08 Å². The fourth-order valence-corrected chi connectivity index (χ4v) is 1.14. The molecule has 0 saturated carbocycles. The topological polar surface area (TPSA) is 26.3 Å². The van der Waals surface area contributed by atoms with Gasteiger partial charge in [-0.05, 0) is 18.6 Å². The van der Waals surface area contributed by atoms with Gasteiger partial charge in [0.15, 0.2) is 0 Å². The fraction of sp³-hybridized carbons (Fsp3) is 0.182. The SMILES string of the molecule is CCOC(=O)/C(Cl)=C\c1ccccc1. The van der Waals surface area contributed by atoms with Crippen molar-refractivity contribution in [3.8, 4) is 0 Å². The Morgan fingerprint density at radius 2 is 2.07 bits per heavy atom. The summed E-state index contributed by atoms with van der Waals surface area (Å²) in [5.74, 6) is -0.488. The van der Waals surface area contributed by atoms with Crippen LogP contribution in [0, 0.1) is 0 Å². The number of hydrogen-bond acceptors (Lipinski definition) is 2. The highest BCUT2D eigenvalue weighted by atomic mass is 35.5. The van der Waals surface area contributed by atoms with Crippen molar-refractivity contribution in [2.24, 2.45) is 0 Å². The average molecular weight is 211 g/mol. The van der Waals surface area contributed by atoms with Gasteiger partial charge in [0.1, 0.15) is 5.03 Å². The molecule has 0 atom stereocenters. The lowest BCUT2D eigenvalue weighted by atomic mass is 10.2. The predicted molar refractivity (Wildman–Crippen MR) is 56.9 cm³/mol. The maximum atomic E-state index is 11.1. The third-order valence-electron chi connectivity index (χ3n) is 1.56. The molecular weight excluding hydrogens is 200 g/mol. The standard InChI is InChI=1S/C11H11ClO2/c1-2-14-11(13)10(12)8-9-6-4-3-5-7-9/h3-8H,2H2,1H3/b10-8+. The number of hydrogen-bond donors (Lipinski definition) is 0. The van der Waals surface area contributed by atoms with Gasteiger partial charge >= 0.3 is 5.97 Å². The third-order valence-corrected chi connectivity index (χ3v) is 1.83. The van der Waals surface area contributed by atoms with Gasteiger partial charge in [-0.1, -0.05) is 41.9 Å². The maximum Gasteiger partial charge on any atom is 0.349 e. The molecule has 0 N–H and O–H groups in total. The van der Waals surface area contributed by atoms with E-state index >= 15 is 0 Å². The number of carbonyl (C=O) groups excluding carboxylic acids is 1. The van der Waals surface area contributed by atoms with Crippen molar-refractivity contribution in [1.82, 2.24) is 0 Å². The first kappa shape index (κ1) is 10.8. The zero-order valence-corrected chi connectivity index (χ0v) is 8.62. The predicted octanol–water partition coefficient (Wildman–Crippen LogP) is 2.83. The monoisotopic (exact) mass is 210 g/mol. The van der Waals surface area contributed by atoms with Gasteiger partial charge < -0.3 is 4.74 Å². The second-order valence-electron chi connectivity index (χ2n) is 2.62. The van der Waals surface area contributed by atoms with E-state index < -0.39 is 5.97 Å². The first-order chi connectivity index (χ1) is 6.74. The smallest absolute Gasteiger partial charge is 0.349 e. The van der Waals surface area contributed by atoms with Gasteiger partial charge in [-0.15, -0.1) is 0 Å². The molecule has 1 aromatic rings. The van der Waals surface area contributed by atoms with Gasteiger partial charge in [-0.25, -0.2) is 4.79 Å². The Balaban J connectivity index is 2.74. The number of rotatable bonds is 3. The molecular formula is C11H11ClO2. The number of esters is 1. The molecule has 2 nitrogen and oxygen atoms in total. The van der Waals surface area contributed by atoms with Crippen LogP contribution in [0.1, 0.15) is 12.5 Å². The van der Waals surface area contributed by atoms with E-state index in [0.717, 1.165) is 5.56 Å². The summed E-state index contributed by atoms with van der Waals surface area (Å²) < 4.78 is 4.74. The van der Waals surface area contributed by atoms with Gasteiger partial charge in [0.05, 0.1) is 6.61 Å². The Hall–Kier alpha value is -1.28. The second-order valence-corrected chi connectivity index (χ2v) is 3.03. The molecule has 3 heteroatoms.